The van der Waals surface area contributed by atoms with Crippen LogP contribution in [0, 0.1) is 0 Å². The molecule has 0 saturated carbocycles. The second-order valence-electron chi connectivity index (χ2n) is 9.39. The number of carbonyl (C=O) groups excluding carboxylic acids is 3. The number of hydrogen-bond acceptors (Lipinski definition) is 5. The predicted octanol–water partition coefficient (Wildman–Crippen LogP) is 3.11. The summed E-state index contributed by atoms with van der Waals surface area (Å²) in [7, 11) is -1.30. The van der Waals surface area contributed by atoms with Gasteiger partial charge in [0.1, 0.15) is 17.9 Å². The highest BCUT2D eigenvalue weighted by molar-refractivity contribution is 6.76. The van der Waals surface area contributed by atoms with E-state index in [9.17, 15) is 14.4 Å². The number of aldehydes is 1. The minimum absolute atomic E-state index is 0.129. The number of carbonyl (C=O) groups is 3. The zero-order valence-electron chi connectivity index (χ0n) is 16.8. The highest BCUT2D eigenvalue weighted by Gasteiger charge is 2.51. The molecular weight excluding hydrogens is 352 g/mol. The summed E-state index contributed by atoms with van der Waals surface area (Å²) in [6.45, 7) is 12.8. The monoisotopic (exact) mass is 384 g/mol. The number of fused-ring (bicyclic) bond motifs is 2. The molecule has 0 unspecified atom stereocenters. The Morgan fingerprint density at radius 1 is 1.15 bits per heavy atom. The maximum absolute atomic E-state index is 12.6. The Bertz CT molecular complexity index is 555. The van der Waals surface area contributed by atoms with Gasteiger partial charge in [-0.2, -0.15) is 0 Å². The van der Waals surface area contributed by atoms with Gasteiger partial charge in [-0.15, -0.1) is 0 Å². The lowest BCUT2D eigenvalue weighted by atomic mass is 10.1. The Balaban J connectivity index is 2.05. The van der Waals surface area contributed by atoms with Crippen molar-refractivity contribution in [2.75, 3.05) is 13.2 Å². The van der Waals surface area contributed by atoms with Crippen molar-refractivity contribution in [2.45, 2.75) is 83.0 Å². The molecule has 8 heteroatoms. The van der Waals surface area contributed by atoms with Crippen LogP contribution in [0.15, 0.2) is 0 Å². The molecule has 0 N–H and O–H groups in total. The maximum atomic E-state index is 12.6. The van der Waals surface area contributed by atoms with Crippen LogP contribution < -0.4 is 0 Å². The van der Waals surface area contributed by atoms with Crippen molar-refractivity contribution in [2.24, 2.45) is 0 Å². The van der Waals surface area contributed by atoms with Crippen molar-refractivity contribution in [3.63, 3.8) is 0 Å². The molecule has 2 aliphatic rings. The van der Waals surface area contributed by atoms with Crippen molar-refractivity contribution in [1.29, 1.82) is 0 Å². The third-order valence-corrected chi connectivity index (χ3v) is 6.47. The van der Waals surface area contributed by atoms with E-state index in [0.717, 1.165) is 18.8 Å². The van der Waals surface area contributed by atoms with Crippen LogP contribution in [-0.4, -0.2) is 73.2 Å². The molecule has 2 heterocycles. The summed E-state index contributed by atoms with van der Waals surface area (Å²) in [6, 6.07) is -0.267. The van der Waals surface area contributed by atoms with Crippen molar-refractivity contribution < 1.29 is 23.9 Å². The summed E-state index contributed by atoms with van der Waals surface area (Å²) in [6.07, 6.45) is 1.33. The second kappa shape index (κ2) is 7.58. The van der Waals surface area contributed by atoms with Gasteiger partial charge < -0.3 is 14.3 Å². The number of piperazine rings is 1. The molecule has 0 radical (unpaired) electrons. The molecule has 2 bridgehead atoms. The first-order valence-electron chi connectivity index (χ1n) is 9.33. The van der Waals surface area contributed by atoms with Gasteiger partial charge in [-0.3, -0.25) is 9.80 Å². The molecule has 2 saturated heterocycles. The fraction of sp³-hybridized carbons (Fsp3) is 0.833. The van der Waals surface area contributed by atoms with E-state index in [0.29, 0.717) is 19.6 Å². The highest BCUT2D eigenvalue weighted by Crippen LogP contribution is 2.35. The quantitative estimate of drug-likeness (QED) is 0.550. The van der Waals surface area contributed by atoms with E-state index < -0.39 is 31.9 Å². The van der Waals surface area contributed by atoms with E-state index in [1.807, 2.05) is 20.8 Å². The van der Waals surface area contributed by atoms with Crippen LogP contribution >= 0.6 is 0 Å². The number of rotatable bonds is 4. The van der Waals surface area contributed by atoms with Crippen LogP contribution in [0.2, 0.25) is 25.7 Å². The molecule has 2 aliphatic heterocycles. The average molecular weight is 385 g/mol. The summed E-state index contributed by atoms with van der Waals surface area (Å²) in [5.74, 6) is 0. The lowest BCUT2D eigenvalue weighted by Gasteiger charge is -2.44. The standard InChI is InChI=1S/C18H32N2O5Si/c1-18(2,3)25-17(23)20-13-7-8-14(20)15(12-21)19(11-13)16(22)24-9-10-26(4,5)6/h12-15H,7-11H2,1-6H3/t13-,14+,15-/m1/s1. The third kappa shape index (κ3) is 4.99. The minimum Gasteiger partial charge on any atom is -0.450 e. The van der Waals surface area contributed by atoms with Gasteiger partial charge in [0.15, 0.2) is 0 Å². The molecule has 2 fully saturated rings. The van der Waals surface area contributed by atoms with Crippen LogP contribution in [0.3, 0.4) is 0 Å². The molecular formula is C18H32N2O5Si. The van der Waals surface area contributed by atoms with Gasteiger partial charge in [-0.1, -0.05) is 19.6 Å². The highest BCUT2D eigenvalue weighted by atomic mass is 28.3. The van der Waals surface area contributed by atoms with Gasteiger partial charge in [-0.05, 0) is 39.7 Å². The minimum atomic E-state index is -1.30. The van der Waals surface area contributed by atoms with E-state index in [4.69, 9.17) is 9.47 Å². The van der Waals surface area contributed by atoms with Gasteiger partial charge in [0.25, 0.3) is 0 Å². The van der Waals surface area contributed by atoms with Crippen molar-refractivity contribution in [3.8, 4) is 0 Å². The number of nitrogens with zero attached hydrogens (tertiary/aromatic N) is 2. The van der Waals surface area contributed by atoms with E-state index in [1.165, 1.54) is 4.90 Å². The van der Waals surface area contributed by atoms with Crippen LogP contribution in [0.25, 0.3) is 0 Å². The normalized spacial score (nSPS) is 25.8. The SMILES string of the molecule is CC(C)(C)OC(=O)N1[C@@H]2CC[C@H]1[C@@H](C=O)N(C(=O)OCC[Si](C)(C)C)C2. The average Bonchev–Trinajstić information content (AvgIpc) is 2.79. The molecule has 0 aromatic rings. The first-order valence-corrected chi connectivity index (χ1v) is 13.0. The molecule has 7 nitrogen and oxygen atoms in total. The zero-order valence-corrected chi connectivity index (χ0v) is 17.8. The van der Waals surface area contributed by atoms with Crippen molar-refractivity contribution in [3.05, 3.63) is 0 Å². The molecule has 0 aromatic carbocycles. The Morgan fingerprint density at radius 3 is 2.35 bits per heavy atom. The topological polar surface area (TPSA) is 76.2 Å². The van der Waals surface area contributed by atoms with Crippen molar-refractivity contribution >= 4 is 26.5 Å². The first-order chi connectivity index (χ1) is 11.9. The fourth-order valence-electron chi connectivity index (χ4n) is 3.47. The summed E-state index contributed by atoms with van der Waals surface area (Å²) < 4.78 is 10.9. The maximum Gasteiger partial charge on any atom is 0.410 e. The molecule has 2 amide bonds. The summed E-state index contributed by atoms with van der Waals surface area (Å²) >= 11 is 0. The number of likely N-dealkylation sites (tertiary alicyclic amines) is 1. The van der Waals surface area contributed by atoms with E-state index in [2.05, 4.69) is 19.6 Å². The second-order valence-corrected chi connectivity index (χ2v) is 15.0. The summed E-state index contributed by atoms with van der Waals surface area (Å²) in [4.78, 5) is 39.9. The van der Waals surface area contributed by atoms with E-state index >= 15 is 0 Å². The van der Waals surface area contributed by atoms with Gasteiger partial charge >= 0.3 is 12.2 Å². The zero-order chi connectivity index (χ0) is 19.7. The smallest absolute Gasteiger partial charge is 0.410 e. The van der Waals surface area contributed by atoms with Gasteiger partial charge in [0.05, 0.1) is 18.7 Å². The summed E-state index contributed by atoms with van der Waals surface area (Å²) in [5, 5.41) is 0. The van der Waals surface area contributed by atoms with Gasteiger partial charge in [0, 0.05) is 14.6 Å². The van der Waals surface area contributed by atoms with Crippen LogP contribution in [0.5, 0.6) is 0 Å². The fourth-order valence-corrected chi connectivity index (χ4v) is 4.18. The lowest BCUT2D eigenvalue weighted by molar-refractivity contribution is -0.116. The van der Waals surface area contributed by atoms with Crippen LogP contribution in [0.1, 0.15) is 33.6 Å². The summed E-state index contributed by atoms with van der Waals surface area (Å²) in [5.41, 5.74) is -0.597. The molecule has 26 heavy (non-hydrogen) atoms. The number of amides is 2. The molecule has 0 aliphatic carbocycles. The third-order valence-electron chi connectivity index (χ3n) is 4.76. The Kier molecular flexibility index (Phi) is 6.05. The largest absolute Gasteiger partial charge is 0.450 e. The first kappa shape index (κ1) is 20.7. The molecule has 148 valence electrons. The van der Waals surface area contributed by atoms with Gasteiger partial charge in [-0.25, -0.2) is 9.59 Å². The van der Waals surface area contributed by atoms with Crippen LogP contribution in [0.4, 0.5) is 9.59 Å². The Morgan fingerprint density at radius 2 is 1.81 bits per heavy atom. The molecule has 0 aromatic heterocycles. The van der Waals surface area contributed by atoms with Crippen molar-refractivity contribution in [1.82, 2.24) is 9.80 Å². The number of ether oxygens (including phenoxy) is 2. The van der Waals surface area contributed by atoms with E-state index in [1.54, 1.807) is 4.90 Å². The molecule has 3 atom stereocenters. The van der Waals surface area contributed by atoms with Crippen LogP contribution in [-0.2, 0) is 14.3 Å². The Hall–Kier alpha value is -1.57. The Labute approximate surface area is 157 Å². The van der Waals surface area contributed by atoms with Gasteiger partial charge in [0.2, 0.25) is 0 Å². The molecule has 2 rings (SSSR count). The van der Waals surface area contributed by atoms with E-state index in [-0.39, 0.29) is 12.1 Å². The predicted molar refractivity (Wildman–Crippen MR) is 101 cm³/mol. The lowest BCUT2D eigenvalue weighted by Crippen LogP contribution is -2.63. The molecule has 0 spiro atoms. The number of hydrogen-bond donors (Lipinski definition) is 0.